The van der Waals surface area contributed by atoms with Gasteiger partial charge in [0.1, 0.15) is 5.82 Å². The third-order valence-electron chi connectivity index (χ3n) is 5.34. The zero-order chi connectivity index (χ0) is 20.2. The Morgan fingerprint density at radius 1 is 1.10 bits per heavy atom. The van der Waals surface area contributed by atoms with Gasteiger partial charge >= 0.3 is 6.18 Å². The van der Waals surface area contributed by atoms with Crippen molar-refractivity contribution < 1.29 is 13.2 Å². The lowest BCUT2D eigenvalue weighted by atomic mass is 9.88. The van der Waals surface area contributed by atoms with Crippen molar-refractivity contribution in [1.82, 2.24) is 19.7 Å². The smallest absolute Gasteiger partial charge is 0.352 e. The van der Waals surface area contributed by atoms with Gasteiger partial charge in [-0.25, -0.2) is 9.67 Å². The summed E-state index contributed by atoms with van der Waals surface area (Å²) in [6.45, 7) is 0.658. The highest BCUT2D eigenvalue weighted by Crippen LogP contribution is 2.40. The Morgan fingerprint density at radius 2 is 1.93 bits per heavy atom. The molecule has 1 unspecified atom stereocenters. The molecule has 0 fully saturated rings. The second-order valence-corrected chi connectivity index (χ2v) is 8.46. The Kier molecular flexibility index (Phi) is 4.41. The number of hydrogen-bond acceptors (Lipinski definition) is 2. The number of halogens is 4. The monoisotopic (exact) mass is 508 g/mol. The highest BCUT2D eigenvalue weighted by atomic mass is 127. The van der Waals surface area contributed by atoms with Crippen molar-refractivity contribution in [2.24, 2.45) is 0 Å². The summed E-state index contributed by atoms with van der Waals surface area (Å²) < 4.78 is 43.5. The van der Waals surface area contributed by atoms with Gasteiger partial charge in [-0.05, 0) is 71.3 Å². The quantitative estimate of drug-likeness (QED) is 0.339. The summed E-state index contributed by atoms with van der Waals surface area (Å²) >= 11 is 2.26. The van der Waals surface area contributed by atoms with E-state index in [9.17, 15) is 13.2 Å². The molecule has 148 valence electrons. The van der Waals surface area contributed by atoms with Crippen molar-refractivity contribution >= 4 is 33.5 Å². The largest absolute Gasteiger partial charge is 0.416 e. The molecule has 2 aromatic heterocycles. The summed E-state index contributed by atoms with van der Waals surface area (Å²) in [7, 11) is 0. The first-order valence-corrected chi connectivity index (χ1v) is 10.4. The number of fused-ring (bicyclic) bond motifs is 2. The highest BCUT2D eigenvalue weighted by Gasteiger charge is 2.37. The Hall–Kier alpha value is -2.36. The van der Waals surface area contributed by atoms with Gasteiger partial charge in [-0.3, -0.25) is 0 Å². The van der Waals surface area contributed by atoms with Crippen molar-refractivity contribution in [2.75, 3.05) is 0 Å². The summed E-state index contributed by atoms with van der Waals surface area (Å²) in [4.78, 5) is 7.99. The third-order valence-corrected chi connectivity index (χ3v) is 6.01. The first-order valence-electron chi connectivity index (χ1n) is 9.29. The van der Waals surface area contributed by atoms with E-state index in [0.29, 0.717) is 24.6 Å². The number of nitrogens with zero attached hydrogens (tertiary/aromatic N) is 3. The van der Waals surface area contributed by atoms with Crippen molar-refractivity contribution in [3.05, 3.63) is 69.1 Å². The van der Waals surface area contributed by atoms with Crippen LogP contribution in [0.1, 0.15) is 35.7 Å². The van der Waals surface area contributed by atoms with E-state index in [2.05, 4.69) is 43.7 Å². The summed E-state index contributed by atoms with van der Waals surface area (Å²) in [6, 6.07) is 13.8. The fourth-order valence-corrected chi connectivity index (χ4v) is 4.56. The molecule has 4 aromatic rings. The molecule has 0 aliphatic carbocycles. The highest BCUT2D eigenvalue weighted by molar-refractivity contribution is 14.1. The molecule has 29 heavy (non-hydrogen) atoms. The van der Waals surface area contributed by atoms with E-state index in [1.54, 1.807) is 16.8 Å². The van der Waals surface area contributed by atoms with Crippen molar-refractivity contribution in [2.45, 2.75) is 31.5 Å². The van der Waals surface area contributed by atoms with Crippen molar-refractivity contribution in [1.29, 1.82) is 0 Å². The minimum Gasteiger partial charge on any atom is -0.352 e. The Balaban J connectivity index is 1.59. The van der Waals surface area contributed by atoms with Gasteiger partial charge in [0.25, 0.3) is 0 Å². The van der Waals surface area contributed by atoms with Crippen LogP contribution in [0.3, 0.4) is 0 Å². The van der Waals surface area contributed by atoms with Crippen molar-refractivity contribution in [3.8, 4) is 11.5 Å². The molecule has 5 rings (SSSR count). The van der Waals surface area contributed by atoms with E-state index in [4.69, 9.17) is 0 Å². The number of aromatic amines is 1. The van der Waals surface area contributed by atoms with Crippen LogP contribution in [-0.4, -0.2) is 19.7 Å². The zero-order valence-electron chi connectivity index (χ0n) is 15.2. The molecular formula is C21H16F3IN4. The molecule has 0 radical (unpaired) electrons. The van der Waals surface area contributed by atoms with Gasteiger partial charge in [0, 0.05) is 26.9 Å². The third kappa shape index (κ3) is 3.33. The number of hydrogen-bond donors (Lipinski definition) is 1. The van der Waals surface area contributed by atoms with E-state index in [1.807, 2.05) is 18.2 Å². The van der Waals surface area contributed by atoms with Gasteiger partial charge in [-0.15, -0.1) is 5.10 Å². The number of aryl methyl sites for hydroxylation is 1. The van der Waals surface area contributed by atoms with E-state index in [1.165, 1.54) is 6.07 Å². The van der Waals surface area contributed by atoms with Gasteiger partial charge in [-0.1, -0.05) is 18.2 Å². The zero-order valence-corrected chi connectivity index (χ0v) is 17.3. The number of alkyl halides is 3. The first kappa shape index (κ1) is 18.7. The maximum atomic E-state index is 13.6. The predicted molar refractivity (Wildman–Crippen MR) is 113 cm³/mol. The van der Waals surface area contributed by atoms with E-state index in [-0.39, 0.29) is 5.56 Å². The Bertz CT molecular complexity index is 1210. The fourth-order valence-electron chi connectivity index (χ4n) is 4.04. The van der Waals surface area contributed by atoms with Crippen LogP contribution in [0.15, 0.2) is 48.5 Å². The van der Waals surface area contributed by atoms with Crippen LogP contribution >= 0.6 is 22.6 Å². The molecule has 0 bridgehead atoms. The molecule has 1 aliphatic heterocycles. The molecule has 1 atom stereocenters. The molecule has 3 heterocycles. The van der Waals surface area contributed by atoms with Crippen LogP contribution in [0.2, 0.25) is 0 Å². The van der Waals surface area contributed by atoms with E-state index in [0.717, 1.165) is 32.7 Å². The Morgan fingerprint density at radius 3 is 2.76 bits per heavy atom. The van der Waals surface area contributed by atoms with Gasteiger partial charge in [0.2, 0.25) is 0 Å². The molecule has 2 aromatic carbocycles. The lowest BCUT2D eigenvalue weighted by molar-refractivity contribution is -0.138. The lowest BCUT2D eigenvalue weighted by Crippen LogP contribution is -2.21. The average Bonchev–Trinajstić information content (AvgIpc) is 3.30. The molecule has 0 amide bonds. The normalized spacial score (nSPS) is 16.9. The second-order valence-electron chi connectivity index (χ2n) is 7.21. The molecule has 0 saturated carbocycles. The summed E-state index contributed by atoms with van der Waals surface area (Å²) in [5, 5.41) is 5.65. The van der Waals surface area contributed by atoms with Gasteiger partial charge < -0.3 is 4.98 Å². The number of nitrogens with one attached hydrogen (secondary N) is 1. The van der Waals surface area contributed by atoms with Crippen LogP contribution in [0.25, 0.3) is 22.4 Å². The molecule has 0 spiro atoms. The molecule has 1 N–H and O–H groups in total. The molecule has 8 heteroatoms. The summed E-state index contributed by atoms with van der Waals surface area (Å²) in [5.41, 5.74) is 1.42. The van der Waals surface area contributed by atoms with Crippen LogP contribution in [0.5, 0.6) is 0 Å². The van der Waals surface area contributed by atoms with Crippen molar-refractivity contribution in [3.63, 3.8) is 0 Å². The van der Waals surface area contributed by atoms with Gasteiger partial charge in [0.15, 0.2) is 5.82 Å². The first-order chi connectivity index (χ1) is 13.9. The lowest BCUT2D eigenvalue weighted by Gasteiger charge is -2.25. The average molecular weight is 508 g/mol. The number of benzene rings is 2. The van der Waals surface area contributed by atoms with Crippen LogP contribution in [-0.2, 0) is 12.7 Å². The van der Waals surface area contributed by atoms with E-state index >= 15 is 0 Å². The summed E-state index contributed by atoms with van der Waals surface area (Å²) in [6.07, 6.45) is -3.01. The molecule has 4 nitrogen and oxygen atoms in total. The second kappa shape index (κ2) is 6.86. The SMILES string of the molecule is FC(F)(F)c1ccccc1C1CCCn2nc(-c3cc4cc(I)ccc4[nH]3)nc21. The maximum Gasteiger partial charge on any atom is 0.416 e. The Labute approximate surface area is 178 Å². The number of H-pyrrole nitrogens is 1. The summed E-state index contributed by atoms with van der Waals surface area (Å²) in [5.74, 6) is 0.687. The minimum atomic E-state index is -4.39. The van der Waals surface area contributed by atoms with E-state index < -0.39 is 17.7 Å². The van der Waals surface area contributed by atoms with Gasteiger partial charge in [0.05, 0.1) is 11.3 Å². The van der Waals surface area contributed by atoms with Gasteiger partial charge in [-0.2, -0.15) is 13.2 Å². The van der Waals surface area contributed by atoms with Crippen LogP contribution in [0.4, 0.5) is 13.2 Å². The van der Waals surface area contributed by atoms with Crippen LogP contribution < -0.4 is 0 Å². The number of rotatable bonds is 2. The standard InChI is InChI=1S/C21H16F3IN4/c22-21(23,24)16-6-2-1-4-14(16)15-5-3-9-29-20(15)27-19(28-29)18-11-12-10-13(25)7-8-17(12)26-18/h1-2,4,6-8,10-11,15,26H,3,5,9H2. The molecule has 0 saturated heterocycles. The topological polar surface area (TPSA) is 46.5 Å². The minimum absolute atomic E-state index is 0.270. The molecule has 1 aliphatic rings. The number of aromatic nitrogens is 4. The van der Waals surface area contributed by atoms with Crippen LogP contribution in [0, 0.1) is 3.57 Å². The fraction of sp³-hybridized carbons (Fsp3) is 0.238. The molecular weight excluding hydrogens is 492 g/mol. The predicted octanol–water partition coefficient (Wildman–Crippen LogP) is 5.98. The maximum absolute atomic E-state index is 13.6.